The second kappa shape index (κ2) is 5.46. The fourth-order valence-electron chi connectivity index (χ4n) is 2.41. The van der Waals surface area contributed by atoms with Crippen LogP contribution < -0.4 is 5.32 Å². The van der Waals surface area contributed by atoms with E-state index in [-0.39, 0.29) is 12.1 Å². The first kappa shape index (κ1) is 14.3. The highest BCUT2D eigenvalue weighted by Crippen LogP contribution is 2.28. The second-order valence-electron chi connectivity index (χ2n) is 5.28. The monoisotopic (exact) mass is 327 g/mol. The number of nitrogens with zero attached hydrogens (tertiary/aromatic N) is 2. The maximum atomic E-state index is 12.3. The van der Waals surface area contributed by atoms with Gasteiger partial charge in [-0.3, -0.25) is 0 Å². The number of amides is 2. The molecule has 2 heterocycles. The molecule has 0 spiro atoms. The third-order valence-corrected chi connectivity index (χ3v) is 3.96. The fourth-order valence-corrected chi connectivity index (χ4v) is 2.76. The Morgan fingerprint density at radius 3 is 3.00 bits per heavy atom. The van der Waals surface area contributed by atoms with Gasteiger partial charge in [0, 0.05) is 12.7 Å². The lowest BCUT2D eigenvalue weighted by Gasteiger charge is -2.33. The Balaban J connectivity index is 2.10. The van der Waals surface area contributed by atoms with Gasteiger partial charge in [-0.05, 0) is 54.8 Å². The lowest BCUT2D eigenvalue weighted by Crippen LogP contribution is -2.49. The van der Waals surface area contributed by atoms with Gasteiger partial charge in [0.25, 0.3) is 0 Å². The Kier molecular flexibility index (Phi) is 4.10. The smallest absolute Gasteiger partial charge is 0.322 e. The van der Waals surface area contributed by atoms with Crippen molar-refractivity contribution in [1.29, 1.82) is 0 Å². The summed E-state index contributed by atoms with van der Waals surface area (Å²) in [5.74, 6) is 0. The van der Waals surface area contributed by atoms with Crippen molar-refractivity contribution in [3.63, 3.8) is 0 Å². The zero-order chi connectivity index (χ0) is 14.0. The minimum absolute atomic E-state index is 0.150. The van der Waals surface area contributed by atoms with Gasteiger partial charge in [-0.2, -0.15) is 0 Å². The lowest BCUT2D eigenvalue weighted by molar-refractivity contribution is 0.0117. The molecule has 2 amide bonds. The highest BCUT2D eigenvalue weighted by Gasteiger charge is 2.38. The van der Waals surface area contributed by atoms with Crippen molar-refractivity contribution in [2.45, 2.75) is 38.3 Å². The minimum atomic E-state index is -0.889. The number of carbonyl (C=O) groups is 1. The topological polar surface area (TPSA) is 65.5 Å². The Morgan fingerprint density at radius 2 is 2.37 bits per heavy atom. The largest absolute Gasteiger partial charge is 0.388 e. The number of likely N-dealkylation sites (tertiary alicyclic amines) is 1. The van der Waals surface area contributed by atoms with Gasteiger partial charge in [-0.15, -0.1) is 0 Å². The van der Waals surface area contributed by atoms with E-state index in [2.05, 4.69) is 26.2 Å². The maximum Gasteiger partial charge on any atom is 0.322 e. The average Bonchev–Trinajstić information content (AvgIpc) is 2.81. The zero-order valence-corrected chi connectivity index (χ0v) is 12.6. The van der Waals surface area contributed by atoms with E-state index < -0.39 is 5.60 Å². The van der Waals surface area contributed by atoms with Gasteiger partial charge in [-0.1, -0.05) is 0 Å². The highest BCUT2D eigenvalue weighted by atomic mass is 79.9. The summed E-state index contributed by atoms with van der Waals surface area (Å²) in [5, 5.41) is 12.9. The standard InChI is InChI=1S/C13H18BrN3O2/c1-13(2,19)10-6-4-8-17(10)12(18)16-9-5-3-7-15-11(9)14/h3,5,7,10,19H,4,6,8H2,1-2H3,(H,16,18). The number of halogens is 1. The van der Waals surface area contributed by atoms with Crippen molar-refractivity contribution in [3.05, 3.63) is 22.9 Å². The summed E-state index contributed by atoms with van der Waals surface area (Å²) >= 11 is 3.29. The van der Waals surface area contributed by atoms with Crippen molar-refractivity contribution >= 4 is 27.6 Å². The fraction of sp³-hybridized carbons (Fsp3) is 0.538. The summed E-state index contributed by atoms with van der Waals surface area (Å²) < 4.78 is 0.599. The van der Waals surface area contributed by atoms with Gasteiger partial charge in [0.2, 0.25) is 0 Å². The summed E-state index contributed by atoms with van der Waals surface area (Å²) in [6.45, 7) is 4.14. The molecule has 0 saturated carbocycles. The van der Waals surface area contributed by atoms with Crippen molar-refractivity contribution in [1.82, 2.24) is 9.88 Å². The van der Waals surface area contributed by atoms with Crippen LogP contribution in [0.15, 0.2) is 22.9 Å². The Labute approximate surface area is 121 Å². The number of hydrogen-bond donors (Lipinski definition) is 2. The van der Waals surface area contributed by atoms with Crippen LogP contribution in [0.3, 0.4) is 0 Å². The van der Waals surface area contributed by atoms with E-state index in [9.17, 15) is 9.90 Å². The van der Waals surface area contributed by atoms with Gasteiger partial charge in [0.15, 0.2) is 0 Å². The number of anilines is 1. The van der Waals surface area contributed by atoms with Crippen molar-refractivity contribution in [3.8, 4) is 0 Å². The van der Waals surface area contributed by atoms with Crippen LogP contribution in [0.1, 0.15) is 26.7 Å². The Hall–Kier alpha value is -1.14. The SMILES string of the molecule is CC(C)(O)C1CCCN1C(=O)Nc1cccnc1Br. The van der Waals surface area contributed by atoms with Crippen LogP contribution in [0, 0.1) is 0 Å². The number of rotatable bonds is 2. The first-order chi connectivity index (χ1) is 8.89. The molecule has 1 aliphatic rings. The lowest BCUT2D eigenvalue weighted by atomic mass is 9.97. The summed E-state index contributed by atoms with van der Waals surface area (Å²) in [7, 11) is 0. The van der Waals surface area contributed by atoms with Gasteiger partial charge in [0.05, 0.1) is 17.3 Å². The van der Waals surface area contributed by atoms with Crippen molar-refractivity contribution < 1.29 is 9.90 Å². The van der Waals surface area contributed by atoms with Crippen LogP contribution in [0.4, 0.5) is 10.5 Å². The predicted octanol–water partition coefficient (Wildman–Crippen LogP) is 2.61. The van der Waals surface area contributed by atoms with E-state index in [1.807, 2.05) is 0 Å². The average molecular weight is 328 g/mol. The molecule has 0 aliphatic carbocycles. The first-order valence-corrected chi connectivity index (χ1v) is 7.09. The number of hydrogen-bond acceptors (Lipinski definition) is 3. The van der Waals surface area contributed by atoms with Crippen LogP contribution in [0.2, 0.25) is 0 Å². The molecule has 1 fully saturated rings. The molecule has 0 bridgehead atoms. The Morgan fingerprint density at radius 1 is 1.63 bits per heavy atom. The number of nitrogens with one attached hydrogen (secondary N) is 1. The molecule has 1 atom stereocenters. The van der Waals surface area contributed by atoms with E-state index in [1.165, 1.54) is 0 Å². The molecule has 1 saturated heterocycles. The third kappa shape index (κ3) is 3.25. The molecule has 1 aromatic heterocycles. The Bertz CT molecular complexity index is 473. The molecule has 2 N–H and O–H groups in total. The van der Waals surface area contributed by atoms with Crippen LogP contribution >= 0.6 is 15.9 Å². The molecule has 0 radical (unpaired) electrons. The number of aromatic nitrogens is 1. The van der Waals surface area contributed by atoms with E-state index in [1.54, 1.807) is 37.1 Å². The molecular weight excluding hydrogens is 310 g/mol. The molecular formula is C13H18BrN3O2. The van der Waals surface area contributed by atoms with Crippen molar-refractivity contribution in [2.75, 3.05) is 11.9 Å². The molecule has 2 rings (SSSR count). The first-order valence-electron chi connectivity index (χ1n) is 6.30. The summed E-state index contributed by atoms with van der Waals surface area (Å²) in [5.41, 5.74) is -0.256. The van der Waals surface area contributed by atoms with Gasteiger partial charge in [0.1, 0.15) is 4.60 Å². The molecule has 0 aromatic carbocycles. The quantitative estimate of drug-likeness (QED) is 0.820. The maximum absolute atomic E-state index is 12.3. The molecule has 1 aliphatic heterocycles. The van der Waals surface area contributed by atoms with E-state index >= 15 is 0 Å². The molecule has 104 valence electrons. The van der Waals surface area contributed by atoms with Gasteiger partial charge in [-0.25, -0.2) is 9.78 Å². The van der Waals surface area contributed by atoms with Crippen molar-refractivity contribution in [2.24, 2.45) is 0 Å². The van der Waals surface area contributed by atoms with E-state index in [0.29, 0.717) is 16.8 Å². The van der Waals surface area contributed by atoms with Gasteiger partial charge >= 0.3 is 6.03 Å². The summed E-state index contributed by atoms with van der Waals surface area (Å²) in [6, 6.07) is 3.20. The van der Waals surface area contributed by atoms with Crippen LogP contribution in [-0.4, -0.2) is 39.2 Å². The molecule has 1 aromatic rings. The number of urea groups is 1. The predicted molar refractivity (Wildman–Crippen MR) is 77.0 cm³/mol. The number of pyridine rings is 1. The number of aliphatic hydroxyl groups is 1. The third-order valence-electron chi connectivity index (χ3n) is 3.33. The number of carbonyl (C=O) groups excluding carboxylic acids is 1. The van der Waals surface area contributed by atoms with Crippen LogP contribution in [0.25, 0.3) is 0 Å². The second-order valence-corrected chi connectivity index (χ2v) is 6.03. The normalized spacial score (nSPS) is 19.6. The molecule has 6 heteroatoms. The molecule has 19 heavy (non-hydrogen) atoms. The summed E-state index contributed by atoms with van der Waals surface area (Å²) in [4.78, 5) is 18.0. The highest BCUT2D eigenvalue weighted by molar-refractivity contribution is 9.10. The zero-order valence-electron chi connectivity index (χ0n) is 11.1. The van der Waals surface area contributed by atoms with Crippen LogP contribution in [-0.2, 0) is 0 Å². The van der Waals surface area contributed by atoms with E-state index in [0.717, 1.165) is 12.8 Å². The minimum Gasteiger partial charge on any atom is -0.388 e. The molecule has 5 nitrogen and oxygen atoms in total. The summed E-state index contributed by atoms with van der Waals surface area (Å²) in [6.07, 6.45) is 3.39. The van der Waals surface area contributed by atoms with E-state index in [4.69, 9.17) is 0 Å². The van der Waals surface area contributed by atoms with Crippen LogP contribution in [0.5, 0.6) is 0 Å². The molecule has 1 unspecified atom stereocenters. The van der Waals surface area contributed by atoms with Gasteiger partial charge < -0.3 is 15.3 Å².